The highest BCUT2D eigenvalue weighted by Gasteiger charge is 2.13. The molecule has 1 fully saturated rings. The Bertz CT molecular complexity index is 110. The summed E-state index contributed by atoms with van der Waals surface area (Å²) in [6, 6.07) is 0. The molecule has 3 heteroatoms. The van der Waals surface area contributed by atoms with E-state index in [-0.39, 0.29) is 0 Å². The molecule has 0 bridgehead atoms. The Morgan fingerprint density at radius 2 is 2.45 bits per heavy atom. The summed E-state index contributed by atoms with van der Waals surface area (Å²) in [6.45, 7) is 6.13. The standard InChI is InChI=1S/C8H16BrNS/c1-8-6-10(3-2-9)4-5-11-7-8/h8H,2-7H2,1H3. The second kappa shape index (κ2) is 5.44. The maximum atomic E-state index is 3.48. The van der Waals surface area contributed by atoms with Gasteiger partial charge in [0.25, 0.3) is 0 Å². The molecular formula is C8H16BrNS. The third kappa shape index (κ3) is 3.81. The van der Waals surface area contributed by atoms with Crippen LogP contribution in [0.5, 0.6) is 0 Å². The Hall–Kier alpha value is 0.790. The van der Waals surface area contributed by atoms with Gasteiger partial charge in [-0.15, -0.1) is 0 Å². The van der Waals surface area contributed by atoms with E-state index in [1.807, 2.05) is 0 Å². The van der Waals surface area contributed by atoms with E-state index < -0.39 is 0 Å². The summed E-state index contributed by atoms with van der Waals surface area (Å²) in [5, 5.41) is 1.12. The van der Waals surface area contributed by atoms with Crippen molar-refractivity contribution in [2.75, 3.05) is 36.5 Å². The molecular weight excluding hydrogens is 222 g/mol. The molecule has 66 valence electrons. The fourth-order valence-corrected chi connectivity index (χ4v) is 2.95. The van der Waals surface area contributed by atoms with Crippen molar-refractivity contribution in [1.82, 2.24) is 4.90 Å². The number of nitrogens with zero attached hydrogens (tertiary/aromatic N) is 1. The molecule has 1 rings (SSSR count). The molecule has 0 aromatic rings. The molecule has 1 atom stereocenters. The Morgan fingerprint density at radius 3 is 3.18 bits per heavy atom. The van der Waals surface area contributed by atoms with Gasteiger partial charge in [-0.1, -0.05) is 22.9 Å². The Labute approximate surface area is 82.0 Å². The number of hydrogen-bond donors (Lipinski definition) is 0. The van der Waals surface area contributed by atoms with Crippen molar-refractivity contribution in [3.8, 4) is 0 Å². The van der Waals surface area contributed by atoms with Gasteiger partial charge in [-0.2, -0.15) is 11.8 Å². The lowest BCUT2D eigenvalue weighted by Crippen LogP contribution is -2.30. The maximum absolute atomic E-state index is 3.48. The van der Waals surface area contributed by atoms with E-state index in [9.17, 15) is 0 Å². The minimum atomic E-state index is 0.876. The normalized spacial score (nSPS) is 28.4. The minimum Gasteiger partial charge on any atom is -0.301 e. The average molecular weight is 238 g/mol. The molecule has 1 unspecified atom stereocenters. The molecule has 0 aliphatic carbocycles. The van der Waals surface area contributed by atoms with Gasteiger partial charge in [0.15, 0.2) is 0 Å². The van der Waals surface area contributed by atoms with E-state index in [1.165, 1.54) is 31.1 Å². The van der Waals surface area contributed by atoms with Crippen LogP contribution in [-0.4, -0.2) is 41.4 Å². The van der Waals surface area contributed by atoms with E-state index in [1.54, 1.807) is 0 Å². The van der Waals surface area contributed by atoms with Crippen molar-refractivity contribution in [1.29, 1.82) is 0 Å². The number of halogens is 1. The molecule has 0 spiro atoms. The van der Waals surface area contributed by atoms with Crippen molar-refractivity contribution in [3.05, 3.63) is 0 Å². The molecule has 1 saturated heterocycles. The third-order valence-corrected chi connectivity index (χ3v) is 3.56. The zero-order valence-electron chi connectivity index (χ0n) is 7.05. The van der Waals surface area contributed by atoms with E-state index in [4.69, 9.17) is 0 Å². The van der Waals surface area contributed by atoms with Crippen LogP contribution in [0.25, 0.3) is 0 Å². The summed E-state index contributed by atoms with van der Waals surface area (Å²) < 4.78 is 0. The molecule has 1 nitrogen and oxygen atoms in total. The molecule has 11 heavy (non-hydrogen) atoms. The zero-order chi connectivity index (χ0) is 8.10. The predicted molar refractivity (Wildman–Crippen MR) is 56.7 cm³/mol. The van der Waals surface area contributed by atoms with Crippen molar-refractivity contribution in [3.63, 3.8) is 0 Å². The number of alkyl halides is 1. The van der Waals surface area contributed by atoms with Gasteiger partial charge in [-0.05, 0) is 11.7 Å². The summed E-state index contributed by atoms with van der Waals surface area (Å²) in [4.78, 5) is 2.55. The van der Waals surface area contributed by atoms with Gasteiger partial charge in [0.2, 0.25) is 0 Å². The lowest BCUT2D eigenvalue weighted by atomic mass is 10.2. The SMILES string of the molecule is CC1CSCCN(CCBr)C1. The molecule has 0 N–H and O–H groups in total. The summed E-state index contributed by atoms with van der Waals surface area (Å²) in [6.07, 6.45) is 0. The number of thioether (sulfide) groups is 1. The van der Waals surface area contributed by atoms with Gasteiger partial charge in [-0.3, -0.25) is 0 Å². The summed E-state index contributed by atoms with van der Waals surface area (Å²) in [7, 11) is 0. The highest BCUT2D eigenvalue weighted by molar-refractivity contribution is 9.09. The largest absolute Gasteiger partial charge is 0.301 e. The van der Waals surface area contributed by atoms with Gasteiger partial charge in [-0.25, -0.2) is 0 Å². The Kier molecular flexibility index (Phi) is 4.88. The zero-order valence-corrected chi connectivity index (χ0v) is 9.46. The van der Waals surface area contributed by atoms with Gasteiger partial charge in [0.05, 0.1) is 0 Å². The smallest absolute Gasteiger partial charge is 0.0159 e. The van der Waals surface area contributed by atoms with Crippen molar-refractivity contribution >= 4 is 27.7 Å². The highest BCUT2D eigenvalue weighted by atomic mass is 79.9. The molecule has 0 radical (unpaired) electrons. The van der Waals surface area contributed by atoms with Gasteiger partial charge < -0.3 is 4.90 Å². The van der Waals surface area contributed by atoms with E-state index in [0.29, 0.717) is 0 Å². The Morgan fingerprint density at radius 1 is 1.64 bits per heavy atom. The van der Waals surface area contributed by atoms with Crippen LogP contribution in [0.2, 0.25) is 0 Å². The van der Waals surface area contributed by atoms with Crippen LogP contribution in [0.1, 0.15) is 6.92 Å². The second-order valence-electron chi connectivity index (χ2n) is 3.17. The van der Waals surface area contributed by atoms with Crippen LogP contribution in [0.4, 0.5) is 0 Å². The van der Waals surface area contributed by atoms with Crippen LogP contribution >= 0.6 is 27.7 Å². The summed E-state index contributed by atoms with van der Waals surface area (Å²) >= 11 is 5.58. The molecule has 0 saturated carbocycles. The Balaban J connectivity index is 2.27. The van der Waals surface area contributed by atoms with Crippen LogP contribution in [0.15, 0.2) is 0 Å². The van der Waals surface area contributed by atoms with E-state index in [2.05, 4.69) is 39.5 Å². The number of rotatable bonds is 2. The quantitative estimate of drug-likeness (QED) is 0.677. The first-order valence-electron chi connectivity index (χ1n) is 4.19. The van der Waals surface area contributed by atoms with Crippen molar-refractivity contribution in [2.45, 2.75) is 6.92 Å². The van der Waals surface area contributed by atoms with Crippen LogP contribution < -0.4 is 0 Å². The van der Waals surface area contributed by atoms with Crippen LogP contribution in [-0.2, 0) is 0 Å². The van der Waals surface area contributed by atoms with Gasteiger partial charge >= 0.3 is 0 Å². The molecule has 1 aliphatic heterocycles. The first-order chi connectivity index (χ1) is 5.33. The molecule has 0 amide bonds. The van der Waals surface area contributed by atoms with Crippen LogP contribution in [0, 0.1) is 5.92 Å². The molecule has 0 aromatic carbocycles. The van der Waals surface area contributed by atoms with E-state index in [0.717, 1.165) is 11.2 Å². The fourth-order valence-electron chi connectivity index (χ4n) is 1.39. The number of hydrogen-bond acceptors (Lipinski definition) is 2. The minimum absolute atomic E-state index is 0.876. The lowest BCUT2D eigenvalue weighted by molar-refractivity contribution is 0.281. The van der Waals surface area contributed by atoms with Crippen LogP contribution in [0.3, 0.4) is 0 Å². The predicted octanol–water partition coefficient (Wildman–Crippen LogP) is 2.07. The molecule has 0 aromatic heterocycles. The second-order valence-corrected chi connectivity index (χ2v) is 5.11. The van der Waals surface area contributed by atoms with Gasteiger partial charge in [0.1, 0.15) is 0 Å². The maximum Gasteiger partial charge on any atom is 0.0159 e. The summed E-state index contributed by atoms with van der Waals surface area (Å²) in [5.41, 5.74) is 0. The van der Waals surface area contributed by atoms with Crippen molar-refractivity contribution < 1.29 is 0 Å². The van der Waals surface area contributed by atoms with Gasteiger partial charge in [0, 0.05) is 30.7 Å². The average Bonchev–Trinajstić information content (AvgIpc) is 2.15. The first kappa shape index (κ1) is 9.87. The third-order valence-electron chi connectivity index (χ3n) is 1.92. The topological polar surface area (TPSA) is 3.24 Å². The molecule has 1 heterocycles. The molecule has 1 aliphatic rings. The first-order valence-corrected chi connectivity index (χ1v) is 6.46. The highest BCUT2D eigenvalue weighted by Crippen LogP contribution is 2.14. The lowest BCUT2D eigenvalue weighted by Gasteiger charge is -2.20. The summed E-state index contributed by atoms with van der Waals surface area (Å²) in [5.74, 6) is 3.54. The fraction of sp³-hybridized carbons (Fsp3) is 1.00. The monoisotopic (exact) mass is 237 g/mol. The van der Waals surface area contributed by atoms with Crippen molar-refractivity contribution in [2.24, 2.45) is 5.92 Å². The van der Waals surface area contributed by atoms with E-state index >= 15 is 0 Å².